The zero-order chi connectivity index (χ0) is 17.4. The number of hydrogen-bond acceptors (Lipinski definition) is 3. The van der Waals surface area contributed by atoms with E-state index in [0.717, 1.165) is 5.56 Å². The molecule has 0 aliphatic carbocycles. The molecule has 2 rings (SSSR count). The van der Waals surface area contributed by atoms with Gasteiger partial charge in [0.2, 0.25) is 5.91 Å². The molecule has 0 bridgehead atoms. The zero-order valence-corrected chi connectivity index (χ0v) is 14.0. The van der Waals surface area contributed by atoms with Gasteiger partial charge in [-0.25, -0.2) is 0 Å². The SMILES string of the molecule is CCOc1ccccc1C(=O)NCC(=O)N(C)Cc1ccccc1. The Labute approximate surface area is 142 Å². The predicted octanol–water partition coefficient (Wildman–Crippen LogP) is 2.47. The van der Waals surface area contributed by atoms with Crippen LogP contribution in [0.2, 0.25) is 0 Å². The third-order valence-corrected chi connectivity index (χ3v) is 3.52. The van der Waals surface area contributed by atoms with E-state index in [1.165, 1.54) is 0 Å². The van der Waals surface area contributed by atoms with E-state index >= 15 is 0 Å². The normalized spacial score (nSPS) is 10.1. The van der Waals surface area contributed by atoms with Crippen molar-refractivity contribution >= 4 is 11.8 Å². The molecule has 2 aromatic rings. The second-order valence-corrected chi connectivity index (χ2v) is 5.35. The van der Waals surface area contributed by atoms with Crippen LogP contribution >= 0.6 is 0 Å². The van der Waals surface area contributed by atoms with Crippen LogP contribution in [0.5, 0.6) is 5.75 Å². The number of rotatable bonds is 7. The fraction of sp³-hybridized carbons (Fsp3) is 0.263. The van der Waals surface area contributed by atoms with Crippen molar-refractivity contribution in [2.24, 2.45) is 0 Å². The Morgan fingerprint density at radius 1 is 1.04 bits per heavy atom. The summed E-state index contributed by atoms with van der Waals surface area (Å²) in [4.78, 5) is 26.0. The summed E-state index contributed by atoms with van der Waals surface area (Å²) in [6.45, 7) is 2.79. The molecule has 0 spiro atoms. The molecule has 126 valence electrons. The van der Waals surface area contributed by atoms with Gasteiger partial charge in [0.1, 0.15) is 5.75 Å². The van der Waals surface area contributed by atoms with E-state index in [9.17, 15) is 9.59 Å². The van der Waals surface area contributed by atoms with Gasteiger partial charge in [0.25, 0.3) is 5.91 Å². The van der Waals surface area contributed by atoms with Crippen molar-refractivity contribution in [2.75, 3.05) is 20.2 Å². The number of likely N-dealkylation sites (N-methyl/N-ethyl adjacent to an activating group) is 1. The second kappa shape index (κ2) is 8.72. The number of carbonyl (C=O) groups excluding carboxylic acids is 2. The molecule has 0 aliphatic heterocycles. The maximum atomic E-state index is 12.3. The van der Waals surface area contributed by atoms with Crippen molar-refractivity contribution in [3.05, 3.63) is 65.7 Å². The van der Waals surface area contributed by atoms with Crippen LogP contribution in [0, 0.1) is 0 Å². The van der Waals surface area contributed by atoms with E-state index in [2.05, 4.69) is 5.32 Å². The monoisotopic (exact) mass is 326 g/mol. The van der Waals surface area contributed by atoms with Crippen LogP contribution in [0.4, 0.5) is 0 Å². The number of ether oxygens (including phenoxy) is 1. The van der Waals surface area contributed by atoms with Gasteiger partial charge >= 0.3 is 0 Å². The van der Waals surface area contributed by atoms with Crippen LogP contribution in [0.15, 0.2) is 54.6 Å². The smallest absolute Gasteiger partial charge is 0.255 e. The summed E-state index contributed by atoms with van der Waals surface area (Å²) in [6, 6.07) is 16.7. The number of nitrogens with one attached hydrogen (secondary N) is 1. The Kier molecular flexibility index (Phi) is 6.37. The van der Waals surface area contributed by atoms with E-state index in [1.807, 2.05) is 37.3 Å². The van der Waals surface area contributed by atoms with E-state index in [1.54, 1.807) is 36.2 Å². The second-order valence-electron chi connectivity index (χ2n) is 5.35. The van der Waals surface area contributed by atoms with Crippen molar-refractivity contribution in [2.45, 2.75) is 13.5 Å². The molecular weight excluding hydrogens is 304 g/mol. The minimum Gasteiger partial charge on any atom is -0.493 e. The average Bonchev–Trinajstić information content (AvgIpc) is 2.61. The molecule has 5 heteroatoms. The third kappa shape index (κ3) is 4.84. The van der Waals surface area contributed by atoms with Gasteiger partial charge < -0.3 is 15.0 Å². The van der Waals surface area contributed by atoms with E-state index in [-0.39, 0.29) is 18.4 Å². The van der Waals surface area contributed by atoms with Gasteiger partial charge in [-0.05, 0) is 24.6 Å². The number of benzene rings is 2. The molecule has 2 aromatic carbocycles. The molecule has 0 aliphatic rings. The fourth-order valence-electron chi connectivity index (χ4n) is 2.27. The van der Waals surface area contributed by atoms with E-state index in [0.29, 0.717) is 24.5 Å². The quantitative estimate of drug-likeness (QED) is 0.850. The van der Waals surface area contributed by atoms with E-state index in [4.69, 9.17) is 4.74 Å². The van der Waals surface area contributed by atoms with E-state index < -0.39 is 0 Å². The Bertz CT molecular complexity index is 686. The first-order valence-electron chi connectivity index (χ1n) is 7.89. The first kappa shape index (κ1) is 17.5. The summed E-state index contributed by atoms with van der Waals surface area (Å²) < 4.78 is 5.44. The summed E-state index contributed by atoms with van der Waals surface area (Å²) in [5.41, 5.74) is 1.47. The van der Waals surface area contributed by atoms with Crippen LogP contribution in [-0.4, -0.2) is 36.9 Å². The first-order chi connectivity index (χ1) is 11.6. The third-order valence-electron chi connectivity index (χ3n) is 3.52. The Morgan fingerprint density at radius 3 is 2.42 bits per heavy atom. The lowest BCUT2D eigenvalue weighted by Gasteiger charge is -2.18. The highest BCUT2D eigenvalue weighted by Crippen LogP contribution is 2.17. The minimum atomic E-state index is -0.319. The maximum Gasteiger partial charge on any atom is 0.255 e. The van der Waals surface area contributed by atoms with Crippen molar-refractivity contribution in [3.8, 4) is 5.75 Å². The number of carbonyl (C=O) groups is 2. The van der Waals surface area contributed by atoms with Crippen molar-refractivity contribution in [1.29, 1.82) is 0 Å². The highest BCUT2D eigenvalue weighted by atomic mass is 16.5. The summed E-state index contributed by atoms with van der Waals surface area (Å²) in [5, 5.41) is 2.65. The maximum absolute atomic E-state index is 12.3. The number of para-hydroxylation sites is 1. The molecule has 2 amide bonds. The van der Waals surface area contributed by atoms with Gasteiger partial charge in [0, 0.05) is 13.6 Å². The van der Waals surface area contributed by atoms with Crippen molar-refractivity contribution in [3.63, 3.8) is 0 Å². The van der Waals surface area contributed by atoms with Crippen LogP contribution < -0.4 is 10.1 Å². The first-order valence-corrected chi connectivity index (χ1v) is 7.89. The molecule has 0 radical (unpaired) electrons. The lowest BCUT2D eigenvalue weighted by Crippen LogP contribution is -2.37. The standard InChI is InChI=1S/C19H22N2O3/c1-3-24-17-12-8-7-11-16(17)19(23)20-13-18(22)21(2)14-15-9-5-4-6-10-15/h4-12H,3,13-14H2,1-2H3,(H,20,23). The molecule has 0 heterocycles. The predicted molar refractivity (Wildman–Crippen MR) is 92.9 cm³/mol. The number of amides is 2. The highest BCUT2D eigenvalue weighted by molar-refractivity contribution is 5.98. The topological polar surface area (TPSA) is 58.6 Å². The lowest BCUT2D eigenvalue weighted by molar-refractivity contribution is -0.129. The largest absolute Gasteiger partial charge is 0.493 e. The number of hydrogen-bond donors (Lipinski definition) is 1. The molecule has 0 fully saturated rings. The van der Waals surface area contributed by atoms with Gasteiger partial charge in [0.15, 0.2) is 0 Å². The Balaban J connectivity index is 1.90. The van der Waals surface area contributed by atoms with Crippen LogP contribution in [0.1, 0.15) is 22.8 Å². The molecule has 0 unspecified atom stereocenters. The molecule has 0 aromatic heterocycles. The molecule has 0 atom stereocenters. The van der Waals surface area contributed by atoms with Crippen LogP contribution in [0.3, 0.4) is 0 Å². The molecular formula is C19H22N2O3. The summed E-state index contributed by atoms with van der Waals surface area (Å²) in [6.07, 6.45) is 0. The zero-order valence-electron chi connectivity index (χ0n) is 14.0. The summed E-state index contributed by atoms with van der Waals surface area (Å²) in [5.74, 6) is 0.0456. The fourth-order valence-corrected chi connectivity index (χ4v) is 2.27. The Morgan fingerprint density at radius 2 is 1.71 bits per heavy atom. The van der Waals surface area contributed by atoms with Gasteiger partial charge in [-0.3, -0.25) is 9.59 Å². The highest BCUT2D eigenvalue weighted by Gasteiger charge is 2.15. The molecule has 24 heavy (non-hydrogen) atoms. The van der Waals surface area contributed by atoms with Gasteiger partial charge in [-0.2, -0.15) is 0 Å². The average molecular weight is 326 g/mol. The van der Waals surface area contributed by atoms with Gasteiger partial charge in [-0.1, -0.05) is 42.5 Å². The lowest BCUT2D eigenvalue weighted by atomic mass is 10.2. The Hall–Kier alpha value is -2.82. The number of nitrogens with zero attached hydrogens (tertiary/aromatic N) is 1. The summed E-state index contributed by atoms with van der Waals surface area (Å²) in [7, 11) is 1.72. The van der Waals surface area contributed by atoms with Gasteiger partial charge in [0.05, 0.1) is 18.7 Å². The molecule has 0 saturated carbocycles. The minimum absolute atomic E-state index is 0.0530. The van der Waals surface area contributed by atoms with Crippen LogP contribution in [-0.2, 0) is 11.3 Å². The molecule has 1 N–H and O–H groups in total. The van der Waals surface area contributed by atoms with Gasteiger partial charge in [-0.15, -0.1) is 0 Å². The molecule has 0 saturated heterocycles. The summed E-state index contributed by atoms with van der Waals surface area (Å²) >= 11 is 0. The van der Waals surface area contributed by atoms with Crippen LogP contribution in [0.25, 0.3) is 0 Å². The van der Waals surface area contributed by atoms with Crippen molar-refractivity contribution < 1.29 is 14.3 Å². The molecule has 5 nitrogen and oxygen atoms in total. The van der Waals surface area contributed by atoms with Crippen molar-refractivity contribution in [1.82, 2.24) is 10.2 Å².